The third kappa shape index (κ3) is 8.93. The van der Waals surface area contributed by atoms with Crippen molar-refractivity contribution < 1.29 is 24.2 Å². The van der Waals surface area contributed by atoms with E-state index in [0.29, 0.717) is 29.9 Å². The molecule has 0 aromatic heterocycles. The molecule has 1 N–H and O–H groups in total. The Hall–Kier alpha value is -2.66. The van der Waals surface area contributed by atoms with Crippen molar-refractivity contribution in [2.75, 3.05) is 6.61 Å². The predicted molar refractivity (Wildman–Crippen MR) is 122 cm³/mol. The van der Waals surface area contributed by atoms with Gasteiger partial charge in [0.25, 0.3) is 0 Å². The molecule has 0 heterocycles. The fraction of sp³-hybridized carbons (Fsp3) is 0.462. The van der Waals surface area contributed by atoms with Crippen LogP contribution >= 0.6 is 0 Å². The van der Waals surface area contributed by atoms with Crippen LogP contribution in [-0.2, 0) is 0 Å². The maximum absolute atomic E-state index is 12.4. The van der Waals surface area contributed by atoms with Gasteiger partial charge in [0, 0.05) is 12.0 Å². The summed E-state index contributed by atoms with van der Waals surface area (Å²) in [5, 5.41) is 10.00. The average Bonchev–Trinajstić information content (AvgIpc) is 2.77. The first-order chi connectivity index (χ1) is 15.0. The zero-order valence-corrected chi connectivity index (χ0v) is 18.6. The number of Topliss-reactive ketones (excluding diaryl/α,β-unsaturated/α-hetero) is 1. The number of aliphatic hydroxyl groups excluding tert-OH is 1. The van der Waals surface area contributed by atoms with E-state index in [1.54, 1.807) is 48.5 Å². The molecule has 0 fully saturated rings. The predicted octanol–water partition coefficient (Wildman–Crippen LogP) is 5.99. The van der Waals surface area contributed by atoms with Crippen molar-refractivity contribution in [3.63, 3.8) is 0 Å². The van der Waals surface area contributed by atoms with Crippen LogP contribution in [0.5, 0.6) is 11.5 Å². The van der Waals surface area contributed by atoms with Gasteiger partial charge in [0.2, 0.25) is 0 Å². The second kappa shape index (κ2) is 13.6. The Bertz CT molecular complexity index is 796. The van der Waals surface area contributed by atoms with E-state index in [1.807, 2.05) is 0 Å². The summed E-state index contributed by atoms with van der Waals surface area (Å²) in [6.45, 7) is 4.91. The number of esters is 1. The largest absolute Gasteiger partial charge is 0.494 e. The van der Waals surface area contributed by atoms with Gasteiger partial charge in [-0.05, 0) is 61.4 Å². The summed E-state index contributed by atoms with van der Waals surface area (Å²) in [6.07, 6.45) is 6.47. The summed E-state index contributed by atoms with van der Waals surface area (Å²) in [7, 11) is 0. The fourth-order valence-electron chi connectivity index (χ4n) is 3.17. The quantitative estimate of drug-likeness (QED) is 0.174. The minimum atomic E-state index is -0.616. The van der Waals surface area contributed by atoms with Gasteiger partial charge in [-0.15, -0.1) is 0 Å². The van der Waals surface area contributed by atoms with Gasteiger partial charge in [-0.1, -0.05) is 46.0 Å². The molecule has 0 saturated heterocycles. The Labute approximate surface area is 185 Å². The minimum absolute atomic E-state index is 0.107. The normalized spacial score (nSPS) is 11.7. The molecule has 168 valence electrons. The molecule has 0 radical (unpaired) electrons. The Morgan fingerprint density at radius 1 is 0.806 bits per heavy atom. The lowest BCUT2D eigenvalue weighted by Crippen LogP contribution is -2.13. The lowest BCUT2D eigenvalue weighted by molar-refractivity contribution is 0.0734. The fourth-order valence-corrected chi connectivity index (χ4v) is 3.17. The molecule has 0 saturated carbocycles. The highest BCUT2D eigenvalue weighted by Crippen LogP contribution is 2.18. The smallest absolute Gasteiger partial charge is 0.343 e. The molecule has 5 nitrogen and oxygen atoms in total. The van der Waals surface area contributed by atoms with Gasteiger partial charge in [-0.25, -0.2) is 4.79 Å². The number of rotatable bonds is 14. The van der Waals surface area contributed by atoms with Crippen LogP contribution in [0.1, 0.15) is 85.9 Å². The van der Waals surface area contributed by atoms with Crippen LogP contribution in [0, 0.1) is 0 Å². The number of aliphatic hydroxyl groups is 1. The minimum Gasteiger partial charge on any atom is -0.494 e. The molecule has 0 amide bonds. The van der Waals surface area contributed by atoms with Gasteiger partial charge in [-0.2, -0.15) is 0 Å². The molecule has 0 aliphatic rings. The topological polar surface area (TPSA) is 72.8 Å². The molecule has 2 aromatic rings. The summed E-state index contributed by atoms with van der Waals surface area (Å²) in [5.74, 6) is 0.511. The number of unbranched alkanes of at least 4 members (excludes halogenated alkanes) is 4. The lowest BCUT2D eigenvalue weighted by atomic mass is 10.0. The summed E-state index contributed by atoms with van der Waals surface area (Å²) in [5.41, 5.74) is 0.926. The van der Waals surface area contributed by atoms with Gasteiger partial charge in [0.15, 0.2) is 5.78 Å². The van der Waals surface area contributed by atoms with Crippen LogP contribution in [-0.4, -0.2) is 29.6 Å². The van der Waals surface area contributed by atoms with Crippen LogP contribution in [0.4, 0.5) is 0 Å². The first-order valence-electron chi connectivity index (χ1n) is 11.3. The van der Waals surface area contributed by atoms with E-state index in [1.165, 1.54) is 0 Å². The van der Waals surface area contributed by atoms with E-state index in [2.05, 4.69) is 13.8 Å². The zero-order chi connectivity index (χ0) is 22.5. The highest BCUT2D eigenvalue weighted by Gasteiger charge is 2.14. The number of ketones is 1. The number of hydrogen-bond donors (Lipinski definition) is 1. The highest BCUT2D eigenvalue weighted by molar-refractivity contribution is 5.96. The Morgan fingerprint density at radius 3 is 2.03 bits per heavy atom. The maximum atomic E-state index is 12.4. The first kappa shape index (κ1) is 24.6. The van der Waals surface area contributed by atoms with Crippen molar-refractivity contribution in [3.05, 3.63) is 59.7 Å². The van der Waals surface area contributed by atoms with Crippen molar-refractivity contribution >= 4 is 11.8 Å². The highest BCUT2D eigenvalue weighted by atomic mass is 16.5. The van der Waals surface area contributed by atoms with Crippen LogP contribution in [0.3, 0.4) is 0 Å². The second-order valence-electron chi connectivity index (χ2n) is 7.77. The number of benzene rings is 2. The number of ether oxygens (including phenoxy) is 2. The molecule has 1 atom stereocenters. The zero-order valence-electron chi connectivity index (χ0n) is 18.6. The third-order valence-corrected chi connectivity index (χ3v) is 5.06. The van der Waals surface area contributed by atoms with Gasteiger partial charge in [-0.3, -0.25) is 4.79 Å². The molecular weight excluding hydrogens is 392 g/mol. The van der Waals surface area contributed by atoms with Crippen molar-refractivity contribution in [3.8, 4) is 11.5 Å². The SMILES string of the molecule is CCCCCOc1ccc(C(=O)Oc2ccc(C(=O)CC(O)CCCCC)cc2)cc1. The molecular formula is C26H34O5. The van der Waals surface area contributed by atoms with Crippen LogP contribution < -0.4 is 9.47 Å². The van der Waals surface area contributed by atoms with E-state index in [9.17, 15) is 14.7 Å². The van der Waals surface area contributed by atoms with Crippen LogP contribution in [0.15, 0.2) is 48.5 Å². The first-order valence-corrected chi connectivity index (χ1v) is 11.3. The van der Waals surface area contributed by atoms with Gasteiger partial charge in [0.05, 0.1) is 18.3 Å². The van der Waals surface area contributed by atoms with Crippen LogP contribution in [0.2, 0.25) is 0 Å². The summed E-state index contributed by atoms with van der Waals surface area (Å²) in [4.78, 5) is 24.7. The second-order valence-corrected chi connectivity index (χ2v) is 7.77. The van der Waals surface area contributed by atoms with Crippen molar-refractivity contribution in [2.24, 2.45) is 0 Å². The Balaban J connectivity index is 1.83. The summed E-state index contributed by atoms with van der Waals surface area (Å²) in [6, 6.07) is 13.3. The van der Waals surface area contributed by atoms with E-state index >= 15 is 0 Å². The Morgan fingerprint density at radius 2 is 1.39 bits per heavy atom. The van der Waals surface area contributed by atoms with Crippen molar-refractivity contribution in [1.29, 1.82) is 0 Å². The molecule has 5 heteroatoms. The molecule has 0 aliphatic heterocycles. The lowest BCUT2D eigenvalue weighted by Gasteiger charge is -2.10. The molecule has 0 bridgehead atoms. The van der Waals surface area contributed by atoms with Gasteiger partial charge in [0.1, 0.15) is 11.5 Å². The molecule has 2 aromatic carbocycles. The Kier molecular flexibility index (Phi) is 10.8. The molecule has 2 rings (SSSR count). The number of hydrogen-bond acceptors (Lipinski definition) is 5. The standard InChI is InChI=1S/C26H34O5/c1-3-5-7-9-22(27)19-25(28)20-10-16-24(17-11-20)31-26(29)21-12-14-23(15-13-21)30-18-8-6-4-2/h10-17,22,27H,3-9,18-19H2,1-2H3. The summed E-state index contributed by atoms with van der Waals surface area (Å²) < 4.78 is 11.0. The monoisotopic (exact) mass is 426 g/mol. The molecule has 0 aliphatic carbocycles. The number of carbonyl (C=O) groups excluding carboxylic acids is 2. The number of carbonyl (C=O) groups is 2. The van der Waals surface area contributed by atoms with Crippen molar-refractivity contribution in [2.45, 2.75) is 71.3 Å². The van der Waals surface area contributed by atoms with Crippen LogP contribution in [0.25, 0.3) is 0 Å². The van der Waals surface area contributed by atoms with Gasteiger partial charge >= 0.3 is 5.97 Å². The van der Waals surface area contributed by atoms with E-state index in [4.69, 9.17) is 9.47 Å². The molecule has 31 heavy (non-hydrogen) atoms. The molecule has 0 spiro atoms. The van der Waals surface area contributed by atoms with Crippen molar-refractivity contribution in [1.82, 2.24) is 0 Å². The van der Waals surface area contributed by atoms with E-state index in [0.717, 1.165) is 44.3 Å². The average molecular weight is 427 g/mol. The molecule has 1 unspecified atom stereocenters. The van der Waals surface area contributed by atoms with E-state index < -0.39 is 12.1 Å². The van der Waals surface area contributed by atoms with Gasteiger partial charge < -0.3 is 14.6 Å². The third-order valence-electron chi connectivity index (χ3n) is 5.06. The van der Waals surface area contributed by atoms with E-state index in [-0.39, 0.29) is 12.2 Å². The maximum Gasteiger partial charge on any atom is 0.343 e. The summed E-state index contributed by atoms with van der Waals surface area (Å²) >= 11 is 0.